The second-order valence-electron chi connectivity index (χ2n) is 10.2. The van der Waals surface area contributed by atoms with Crippen molar-refractivity contribution in [3.8, 4) is 0 Å². The first kappa shape index (κ1) is 30.0. The van der Waals surface area contributed by atoms with Crippen LogP contribution in [0.4, 0.5) is 19.7 Å². The Kier molecular flexibility index (Phi) is 9.52. The van der Waals surface area contributed by atoms with Crippen LogP contribution in [0.15, 0.2) is 47.4 Å². The van der Waals surface area contributed by atoms with Crippen molar-refractivity contribution in [2.24, 2.45) is 0 Å². The number of nitrogens with one attached hydrogen (secondary N) is 1. The standard InChI is InChI=1S/C27H34F2N6O3S2/c1-33(2)15-16-34(3)17-18-7-9-20(10-8-18)40(37,38)35-13-11-19(12-14-35)31-27-32-26(30)25(39-27)24(36)23-21(28)5-4-6-22(23)29/h4-10,19H,11-17,30H2,1-3H3,(H,31,32). The van der Waals surface area contributed by atoms with Crippen LogP contribution < -0.4 is 11.1 Å². The van der Waals surface area contributed by atoms with Crippen LogP contribution >= 0.6 is 11.3 Å². The molecule has 0 unspecified atom stereocenters. The third-order valence-corrected chi connectivity index (χ3v) is 9.69. The number of anilines is 2. The molecule has 216 valence electrons. The lowest BCUT2D eigenvalue weighted by molar-refractivity contribution is 0.103. The van der Waals surface area contributed by atoms with E-state index in [0.717, 1.165) is 48.7 Å². The zero-order valence-corrected chi connectivity index (χ0v) is 24.4. The molecule has 13 heteroatoms. The lowest BCUT2D eigenvalue weighted by atomic mass is 10.1. The molecule has 0 saturated carbocycles. The van der Waals surface area contributed by atoms with Gasteiger partial charge >= 0.3 is 0 Å². The SMILES string of the molecule is CN(C)CCN(C)Cc1ccc(S(=O)(=O)N2CCC(Nc3nc(N)c(C(=O)c4c(F)cccc4F)s3)CC2)cc1. The number of hydrogen-bond donors (Lipinski definition) is 2. The number of nitrogen functional groups attached to an aromatic ring is 1. The molecule has 0 spiro atoms. The number of thiazole rings is 1. The molecule has 3 aromatic rings. The Morgan fingerprint density at radius 1 is 1.07 bits per heavy atom. The van der Waals surface area contributed by atoms with Gasteiger partial charge in [-0.3, -0.25) is 4.79 Å². The lowest BCUT2D eigenvalue weighted by Gasteiger charge is -2.31. The highest BCUT2D eigenvalue weighted by atomic mass is 32.2. The first-order valence-electron chi connectivity index (χ1n) is 12.9. The smallest absolute Gasteiger partial charge is 0.243 e. The number of ketones is 1. The molecule has 0 bridgehead atoms. The number of benzene rings is 2. The van der Waals surface area contributed by atoms with E-state index in [-0.39, 0.29) is 21.6 Å². The number of halogens is 2. The zero-order chi connectivity index (χ0) is 29.0. The summed E-state index contributed by atoms with van der Waals surface area (Å²) in [6.07, 6.45) is 1.03. The fourth-order valence-corrected chi connectivity index (χ4v) is 6.85. The number of rotatable bonds is 11. The third-order valence-electron chi connectivity index (χ3n) is 6.77. The first-order valence-corrected chi connectivity index (χ1v) is 15.1. The van der Waals surface area contributed by atoms with Crippen LogP contribution in [0, 0.1) is 11.6 Å². The summed E-state index contributed by atoms with van der Waals surface area (Å²) in [6.45, 7) is 3.20. The summed E-state index contributed by atoms with van der Waals surface area (Å²) in [6, 6.07) is 10.1. The summed E-state index contributed by atoms with van der Waals surface area (Å²) in [5.41, 5.74) is 6.26. The minimum Gasteiger partial charge on any atom is -0.382 e. The largest absolute Gasteiger partial charge is 0.382 e. The van der Waals surface area contributed by atoms with Gasteiger partial charge < -0.3 is 20.9 Å². The minimum absolute atomic E-state index is 0.0566. The Morgan fingerprint density at radius 2 is 1.70 bits per heavy atom. The van der Waals surface area contributed by atoms with Gasteiger partial charge in [-0.05, 0) is 63.8 Å². The topological polar surface area (TPSA) is 112 Å². The normalized spacial score (nSPS) is 15.2. The molecule has 40 heavy (non-hydrogen) atoms. The van der Waals surface area contributed by atoms with Crippen molar-refractivity contribution < 1.29 is 22.0 Å². The molecule has 4 rings (SSSR count). The Balaban J connectivity index is 1.34. The lowest BCUT2D eigenvalue weighted by Crippen LogP contribution is -2.42. The maximum absolute atomic E-state index is 14.1. The third kappa shape index (κ3) is 7.02. The van der Waals surface area contributed by atoms with E-state index < -0.39 is 33.0 Å². The number of sulfonamides is 1. The van der Waals surface area contributed by atoms with Gasteiger partial charge in [-0.25, -0.2) is 22.2 Å². The number of aromatic nitrogens is 1. The summed E-state index contributed by atoms with van der Waals surface area (Å²) >= 11 is 0.919. The highest BCUT2D eigenvalue weighted by Gasteiger charge is 2.30. The molecular weight excluding hydrogens is 558 g/mol. The molecule has 0 radical (unpaired) electrons. The predicted octanol–water partition coefficient (Wildman–Crippen LogP) is 3.49. The molecule has 9 nitrogen and oxygen atoms in total. The van der Waals surface area contributed by atoms with E-state index in [0.29, 0.717) is 31.1 Å². The van der Waals surface area contributed by atoms with Gasteiger partial charge in [-0.15, -0.1) is 0 Å². The second kappa shape index (κ2) is 12.7. The molecule has 3 N–H and O–H groups in total. The van der Waals surface area contributed by atoms with Gasteiger partial charge in [0.05, 0.1) is 10.5 Å². The number of nitrogens with two attached hydrogens (primary N) is 1. The Labute approximate surface area is 237 Å². The van der Waals surface area contributed by atoms with Gasteiger partial charge in [0.15, 0.2) is 5.13 Å². The molecule has 0 atom stereocenters. The van der Waals surface area contributed by atoms with E-state index in [1.807, 2.05) is 33.3 Å². The molecule has 0 amide bonds. The molecule has 1 aliphatic heterocycles. The monoisotopic (exact) mass is 592 g/mol. The van der Waals surface area contributed by atoms with Gasteiger partial charge in [-0.2, -0.15) is 4.31 Å². The molecule has 1 saturated heterocycles. The van der Waals surface area contributed by atoms with Crippen LogP contribution in [0.2, 0.25) is 0 Å². The van der Waals surface area contributed by atoms with Crippen LogP contribution in [0.3, 0.4) is 0 Å². The summed E-state index contributed by atoms with van der Waals surface area (Å²) in [4.78, 5) is 21.4. The quantitative estimate of drug-likeness (QED) is 0.326. The summed E-state index contributed by atoms with van der Waals surface area (Å²) in [7, 11) is 2.45. The van der Waals surface area contributed by atoms with Crippen molar-refractivity contribution in [3.05, 3.63) is 70.1 Å². The van der Waals surface area contributed by atoms with Crippen molar-refractivity contribution in [1.82, 2.24) is 19.1 Å². The van der Waals surface area contributed by atoms with E-state index in [2.05, 4.69) is 20.1 Å². The zero-order valence-electron chi connectivity index (χ0n) is 22.7. The predicted molar refractivity (Wildman–Crippen MR) is 153 cm³/mol. The molecule has 2 aromatic carbocycles. The van der Waals surface area contributed by atoms with Crippen LogP contribution in [-0.2, 0) is 16.6 Å². The fraction of sp³-hybridized carbons (Fsp3) is 0.407. The van der Waals surface area contributed by atoms with E-state index in [4.69, 9.17) is 5.73 Å². The number of hydrogen-bond acceptors (Lipinski definition) is 9. The maximum atomic E-state index is 14.1. The maximum Gasteiger partial charge on any atom is 0.243 e. The Morgan fingerprint density at radius 3 is 2.30 bits per heavy atom. The average molecular weight is 593 g/mol. The second-order valence-corrected chi connectivity index (χ2v) is 13.1. The van der Waals surface area contributed by atoms with Crippen molar-refractivity contribution in [2.45, 2.75) is 30.3 Å². The first-order chi connectivity index (χ1) is 19.0. The highest BCUT2D eigenvalue weighted by Crippen LogP contribution is 2.31. The van der Waals surface area contributed by atoms with Gasteiger partial charge in [0.1, 0.15) is 22.3 Å². The molecular formula is C27H34F2N6O3S2. The van der Waals surface area contributed by atoms with Gasteiger partial charge in [-0.1, -0.05) is 29.5 Å². The Bertz CT molecular complexity index is 1420. The van der Waals surface area contributed by atoms with E-state index >= 15 is 0 Å². The van der Waals surface area contributed by atoms with Crippen molar-refractivity contribution in [3.63, 3.8) is 0 Å². The van der Waals surface area contributed by atoms with E-state index in [1.54, 1.807) is 12.1 Å². The van der Waals surface area contributed by atoms with Gasteiger partial charge in [0.25, 0.3) is 0 Å². The summed E-state index contributed by atoms with van der Waals surface area (Å²) in [5, 5.41) is 3.53. The molecule has 1 aliphatic rings. The molecule has 1 fully saturated rings. The number of carbonyl (C=O) groups is 1. The summed E-state index contributed by atoms with van der Waals surface area (Å²) < 4.78 is 56.1. The number of likely N-dealkylation sites (N-methyl/N-ethyl adjacent to an activating group) is 2. The fourth-order valence-electron chi connectivity index (χ4n) is 4.48. The van der Waals surface area contributed by atoms with Crippen LogP contribution in [0.1, 0.15) is 33.6 Å². The number of nitrogens with zero attached hydrogens (tertiary/aromatic N) is 4. The Hall–Kier alpha value is -2.97. The minimum atomic E-state index is -3.64. The summed E-state index contributed by atoms with van der Waals surface area (Å²) in [5.74, 6) is -2.93. The van der Waals surface area contributed by atoms with Crippen LogP contribution in [-0.4, -0.2) is 86.7 Å². The highest BCUT2D eigenvalue weighted by molar-refractivity contribution is 7.89. The van der Waals surface area contributed by atoms with Crippen molar-refractivity contribution >= 4 is 38.1 Å². The van der Waals surface area contributed by atoms with Gasteiger partial charge in [0, 0.05) is 38.8 Å². The number of piperidine rings is 1. The van der Waals surface area contributed by atoms with E-state index in [1.165, 1.54) is 10.4 Å². The van der Waals surface area contributed by atoms with Crippen LogP contribution in [0.25, 0.3) is 0 Å². The molecule has 1 aromatic heterocycles. The van der Waals surface area contributed by atoms with Gasteiger partial charge in [0.2, 0.25) is 15.8 Å². The molecule has 0 aliphatic carbocycles. The molecule has 2 heterocycles. The van der Waals surface area contributed by atoms with Crippen LogP contribution in [0.5, 0.6) is 0 Å². The van der Waals surface area contributed by atoms with Crippen molar-refractivity contribution in [2.75, 3.05) is 58.4 Å². The van der Waals surface area contributed by atoms with E-state index in [9.17, 15) is 22.0 Å². The number of carbonyl (C=O) groups excluding carboxylic acids is 1. The van der Waals surface area contributed by atoms with Crippen molar-refractivity contribution in [1.29, 1.82) is 0 Å². The average Bonchev–Trinajstić information content (AvgIpc) is 3.27.